The summed E-state index contributed by atoms with van der Waals surface area (Å²) in [5, 5.41) is 3.69. The highest BCUT2D eigenvalue weighted by Gasteiger charge is 2.22. The number of hydrogen-bond donors (Lipinski definition) is 0. The van der Waals surface area contributed by atoms with E-state index in [1.807, 2.05) is 0 Å². The van der Waals surface area contributed by atoms with Crippen LogP contribution in [-0.4, -0.2) is 14.1 Å². The third-order valence-electron chi connectivity index (χ3n) is 6.88. The highest BCUT2D eigenvalue weighted by Crippen LogP contribution is 2.41. The Bertz CT molecular complexity index is 1750. The Morgan fingerprint density at radius 1 is 0.758 bits per heavy atom. The van der Waals surface area contributed by atoms with Crippen LogP contribution >= 0.6 is 0 Å². The molecule has 0 aliphatic heterocycles. The molecule has 0 saturated carbocycles. The van der Waals surface area contributed by atoms with E-state index in [1.165, 1.54) is 38.4 Å². The summed E-state index contributed by atoms with van der Waals surface area (Å²) in [7, 11) is 0. The highest BCUT2D eigenvalue weighted by atomic mass is 15.0. The van der Waals surface area contributed by atoms with Crippen molar-refractivity contribution < 1.29 is 0 Å². The first kappa shape index (κ1) is 18.5. The molecule has 0 fully saturated rings. The largest absolute Gasteiger partial charge is 0.308 e. The van der Waals surface area contributed by atoms with Crippen LogP contribution in [0.3, 0.4) is 0 Å². The molecule has 1 aliphatic rings. The van der Waals surface area contributed by atoms with E-state index >= 15 is 0 Å². The molecule has 7 rings (SSSR count). The van der Waals surface area contributed by atoms with Crippen molar-refractivity contribution in [3.63, 3.8) is 0 Å². The second-order valence-electron chi connectivity index (χ2n) is 8.96. The number of allylic oxidation sites excluding steroid dienone is 4. The molecule has 0 spiro atoms. The molecule has 3 heteroatoms. The van der Waals surface area contributed by atoms with Gasteiger partial charge in [0.05, 0.1) is 33.8 Å². The predicted octanol–water partition coefficient (Wildman–Crippen LogP) is 7.72. The van der Waals surface area contributed by atoms with Gasteiger partial charge in [0.25, 0.3) is 0 Å². The van der Waals surface area contributed by atoms with Gasteiger partial charge in [0.2, 0.25) is 0 Å². The average molecular weight is 426 g/mol. The summed E-state index contributed by atoms with van der Waals surface area (Å²) in [6, 6.07) is 28.0. The van der Waals surface area contributed by atoms with Gasteiger partial charge in [0.1, 0.15) is 0 Å². The Kier molecular flexibility index (Phi) is 3.88. The summed E-state index contributed by atoms with van der Waals surface area (Å²) in [6.45, 7) is 2.26. The van der Waals surface area contributed by atoms with Crippen LogP contribution in [0.5, 0.6) is 0 Å². The van der Waals surface area contributed by atoms with Crippen LogP contribution in [0.1, 0.15) is 13.3 Å². The zero-order valence-corrected chi connectivity index (χ0v) is 18.4. The predicted molar refractivity (Wildman–Crippen MR) is 139 cm³/mol. The van der Waals surface area contributed by atoms with Gasteiger partial charge in [-0.3, -0.25) is 4.98 Å². The number of aromatic nitrogens is 3. The molecule has 3 nitrogen and oxygen atoms in total. The monoisotopic (exact) mass is 425 g/mol. The van der Waals surface area contributed by atoms with Crippen LogP contribution in [0.2, 0.25) is 0 Å². The summed E-state index contributed by atoms with van der Waals surface area (Å²) in [6.07, 6.45) is 10.0. The molecule has 33 heavy (non-hydrogen) atoms. The first-order chi connectivity index (χ1) is 16.3. The lowest BCUT2D eigenvalue weighted by atomic mass is 10.0. The fourth-order valence-electron chi connectivity index (χ4n) is 5.35. The van der Waals surface area contributed by atoms with Crippen molar-refractivity contribution >= 4 is 49.4 Å². The number of benzene rings is 3. The van der Waals surface area contributed by atoms with Crippen LogP contribution in [0.4, 0.5) is 0 Å². The van der Waals surface area contributed by atoms with E-state index in [0.717, 1.165) is 23.1 Å². The third-order valence-corrected chi connectivity index (χ3v) is 6.88. The first-order valence-electron chi connectivity index (χ1n) is 11.6. The van der Waals surface area contributed by atoms with Crippen molar-refractivity contribution in [3.05, 3.63) is 103 Å². The maximum absolute atomic E-state index is 5.06. The van der Waals surface area contributed by atoms with Gasteiger partial charge in [-0.15, -0.1) is 0 Å². The van der Waals surface area contributed by atoms with Crippen LogP contribution < -0.4 is 0 Å². The lowest BCUT2D eigenvalue weighted by Crippen LogP contribution is -2.01. The maximum atomic E-state index is 5.06. The van der Waals surface area contributed by atoms with E-state index in [9.17, 15) is 0 Å². The van der Waals surface area contributed by atoms with Gasteiger partial charge in [0.15, 0.2) is 0 Å². The van der Waals surface area contributed by atoms with Gasteiger partial charge in [0, 0.05) is 27.5 Å². The molecule has 0 saturated heterocycles. The number of nitrogens with zero attached hydrogens (tertiary/aromatic N) is 3. The van der Waals surface area contributed by atoms with E-state index < -0.39 is 0 Å². The smallest absolute Gasteiger partial charge is 0.0971 e. The second-order valence-corrected chi connectivity index (χ2v) is 8.96. The zero-order valence-electron chi connectivity index (χ0n) is 18.4. The number of pyridine rings is 1. The van der Waals surface area contributed by atoms with E-state index in [-0.39, 0.29) is 0 Å². The van der Waals surface area contributed by atoms with E-state index in [2.05, 4.69) is 119 Å². The van der Waals surface area contributed by atoms with Gasteiger partial charge in [-0.05, 0) is 42.7 Å². The minimum Gasteiger partial charge on any atom is -0.308 e. The SMILES string of the molecule is CC1C=CC(n2c3ccccc3c3c2cnc2c4ccccc4n(-c4ccccc4)c23)=CC1. The Labute approximate surface area is 191 Å². The molecule has 0 N–H and O–H groups in total. The Morgan fingerprint density at radius 3 is 2.21 bits per heavy atom. The maximum Gasteiger partial charge on any atom is 0.0971 e. The minimum atomic E-state index is 0.576. The standard InChI is InChI=1S/C30H23N3/c1-20-15-17-22(18-16-20)32-25-13-7-5-11-23(25)28-27(32)19-31-29-24-12-6-8-14-26(24)33(30(28)29)21-9-3-2-4-10-21/h2-15,17-20H,16H2,1H3. The van der Waals surface area contributed by atoms with Gasteiger partial charge in [-0.1, -0.05) is 73.7 Å². The Morgan fingerprint density at radius 2 is 1.45 bits per heavy atom. The molecule has 0 radical (unpaired) electrons. The van der Waals surface area contributed by atoms with E-state index in [1.54, 1.807) is 0 Å². The first-order valence-corrected chi connectivity index (χ1v) is 11.6. The van der Waals surface area contributed by atoms with Gasteiger partial charge >= 0.3 is 0 Å². The second kappa shape index (κ2) is 6.94. The summed E-state index contributed by atoms with van der Waals surface area (Å²) >= 11 is 0. The Balaban J connectivity index is 1.71. The summed E-state index contributed by atoms with van der Waals surface area (Å²) < 4.78 is 4.76. The molecule has 0 amide bonds. The molecule has 6 aromatic rings. The molecule has 0 bridgehead atoms. The number of fused-ring (bicyclic) bond motifs is 7. The van der Waals surface area contributed by atoms with Crippen LogP contribution in [0.15, 0.2) is 103 Å². The molecule has 1 aliphatic carbocycles. The fraction of sp³-hybridized carbons (Fsp3) is 0.100. The van der Waals surface area contributed by atoms with Crippen molar-refractivity contribution in [2.24, 2.45) is 5.92 Å². The highest BCUT2D eigenvalue weighted by molar-refractivity contribution is 6.25. The van der Waals surface area contributed by atoms with Crippen LogP contribution in [-0.2, 0) is 0 Å². The van der Waals surface area contributed by atoms with Crippen molar-refractivity contribution in [2.75, 3.05) is 0 Å². The van der Waals surface area contributed by atoms with E-state index in [4.69, 9.17) is 4.98 Å². The third kappa shape index (κ3) is 2.59. The quantitative estimate of drug-likeness (QED) is 0.278. The number of para-hydroxylation sites is 3. The number of hydrogen-bond acceptors (Lipinski definition) is 1. The zero-order chi connectivity index (χ0) is 21.9. The normalized spacial score (nSPS) is 16.3. The van der Waals surface area contributed by atoms with E-state index in [0.29, 0.717) is 5.92 Å². The summed E-state index contributed by atoms with van der Waals surface area (Å²) in [5.41, 5.74) is 8.14. The molecule has 1 atom stereocenters. The summed E-state index contributed by atoms with van der Waals surface area (Å²) in [5.74, 6) is 0.576. The number of rotatable bonds is 2. The Hall–Kier alpha value is -4.11. The van der Waals surface area contributed by atoms with Crippen LogP contribution in [0.25, 0.3) is 55.1 Å². The topological polar surface area (TPSA) is 22.8 Å². The molecule has 158 valence electrons. The van der Waals surface area contributed by atoms with Crippen LogP contribution in [0, 0.1) is 5.92 Å². The van der Waals surface area contributed by atoms with Crippen molar-refractivity contribution in [2.45, 2.75) is 13.3 Å². The lowest BCUT2D eigenvalue weighted by molar-refractivity contribution is 0.735. The molecular formula is C30H23N3. The van der Waals surface area contributed by atoms with Gasteiger partial charge < -0.3 is 9.13 Å². The molecule has 3 aromatic carbocycles. The van der Waals surface area contributed by atoms with Crippen molar-refractivity contribution in [3.8, 4) is 5.69 Å². The fourth-order valence-corrected chi connectivity index (χ4v) is 5.35. The molecule has 1 unspecified atom stereocenters. The summed E-state index contributed by atoms with van der Waals surface area (Å²) in [4.78, 5) is 5.06. The molecule has 3 aromatic heterocycles. The van der Waals surface area contributed by atoms with Crippen molar-refractivity contribution in [1.29, 1.82) is 0 Å². The molecule has 3 heterocycles. The molecular weight excluding hydrogens is 402 g/mol. The van der Waals surface area contributed by atoms with Crippen molar-refractivity contribution in [1.82, 2.24) is 14.1 Å². The van der Waals surface area contributed by atoms with Gasteiger partial charge in [-0.2, -0.15) is 0 Å². The van der Waals surface area contributed by atoms with Gasteiger partial charge in [-0.25, -0.2) is 0 Å². The average Bonchev–Trinajstić information content (AvgIpc) is 3.38. The minimum absolute atomic E-state index is 0.576. The lowest BCUT2D eigenvalue weighted by Gasteiger charge is -2.15.